The van der Waals surface area contributed by atoms with Crippen molar-refractivity contribution in [2.45, 2.75) is 48.2 Å². The third kappa shape index (κ3) is 2.89. The van der Waals surface area contributed by atoms with Gasteiger partial charge in [0.2, 0.25) is 0 Å². The van der Waals surface area contributed by atoms with Crippen molar-refractivity contribution >= 4 is 17.4 Å². The van der Waals surface area contributed by atoms with E-state index < -0.39 is 5.60 Å². The number of hydrogen-bond acceptors (Lipinski definition) is 4. The second-order valence-corrected chi connectivity index (χ2v) is 8.50. The smallest absolute Gasteiger partial charge is 0.0917 e. The lowest BCUT2D eigenvalue weighted by atomic mass is 9.80. The first-order chi connectivity index (χ1) is 10.7. The van der Waals surface area contributed by atoms with Crippen molar-refractivity contribution in [1.82, 2.24) is 0 Å². The van der Waals surface area contributed by atoms with E-state index in [4.69, 9.17) is 4.74 Å². The van der Waals surface area contributed by atoms with E-state index in [-0.39, 0.29) is 0 Å². The molecule has 0 aliphatic carbocycles. The standard InChI is InChI=1S/C18H25NO2S/c20-18(12-16-2-1-3-17(13-18)22-16)14-4-6-15(7-5-14)19-8-10-21-11-9-19/h4-7,16-17,20H,1-3,8-13H2. The molecule has 3 heterocycles. The first-order valence-electron chi connectivity index (χ1n) is 8.54. The summed E-state index contributed by atoms with van der Waals surface area (Å²) in [6, 6.07) is 8.65. The molecule has 0 aromatic heterocycles. The largest absolute Gasteiger partial charge is 0.385 e. The van der Waals surface area contributed by atoms with Crippen molar-refractivity contribution in [2.75, 3.05) is 31.2 Å². The number of anilines is 1. The van der Waals surface area contributed by atoms with Crippen molar-refractivity contribution in [3.8, 4) is 0 Å². The SMILES string of the molecule is OC1(c2ccc(N3CCOCC3)cc2)CC2CCCC(C1)S2. The molecule has 1 aromatic rings. The Hall–Kier alpha value is -0.710. The minimum Gasteiger partial charge on any atom is -0.385 e. The molecule has 3 nitrogen and oxygen atoms in total. The fraction of sp³-hybridized carbons (Fsp3) is 0.667. The molecule has 2 atom stereocenters. The van der Waals surface area contributed by atoms with Crippen molar-refractivity contribution < 1.29 is 9.84 Å². The molecule has 3 saturated heterocycles. The highest BCUT2D eigenvalue weighted by atomic mass is 32.2. The Kier molecular flexibility index (Phi) is 4.09. The van der Waals surface area contributed by atoms with Gasteiger partial charge in [-0.2, -0.15) is 11.8 Å². The van der Waals surface area contributed by atoms with E-state index in [2.05, 4.69) is 40.9 Å². The average molecular weight is 319 g/mol. The van der Waals surface area contributed by atoms with Crippen molar-refractivity contribution in [1.29, 1.82) is 0 Å². The van der Waals surface area contributed by atoms with Crippen LogP contribution < -0.4 is 4.90 Å². The van der Waals surface area contributed by atoms with Gasteiger partial charge in [0.15, 0.2) is 0 Å². The van der Waals surface area contributed by atoms with Crippen LogP contribution in [0.5, 0.6) is 0 Å². The summed E-state index contributed by atoms with van der Waals surface area (Å²) < 4.78 is 5.41. The summed E-state index contributed by atoms with van der Waals surface area (Å²) in [4.78, 5) is 2.36. The number of fused-ring (bicyclic) bond motifs is 2. The molecule has 0 radical (unpaired) electrons. The molecule has 3 fully saturated rings. The number of benzene rings is 1. The highest BCUT2D eigenvalue weighted by molar-refractivity contribution is 8.00. The molecule has 1 N–H and O–H groups in total. The Morgan fingerprint density at radius 2 is 1.68 bits per heavy atom. The highest BCUT2D eigenvalue weighted by Crippen LogP contribution is 2.49. The van der Waals surface area contributed by atoms with Crippen LogP contribution in [0.15, 0.2) is 24.3 Å². The molecule has 120 valence electrons. The molecular weight excluding hydrogens is 294 g/mol. The zero-order chi connectivity index (χ0) is 15.0. The molecule has 0 saturated carbocycles. The first-order valence-corrected chi connectivity index (χ1v) is 9.48. The molecule has 0 spiro atoms. The van der Waals surface area contributed by atoms with Crippen LogP contribution in [0, 0.1) is 0 Å². The van der Waals surface area contributed by atoms with E-state index in [9.17, 15) is 5.11 Å². The van der Waals surface area contributed by atoms with Gasteiger partial charge in [0, 0.05) is 29.3 Å². The Labute approximate surface area is 137 Å². The van der Waals surface area contributed by atoms with Crippen molar-refractivity contribution in [3.63, 3.8) is 0 Å². The van der Waals surface area contributed by atoms with Crippen LogP contribution in [0.3, 0.4) is 0 Å². The number of nitrogens with zero attached hydrogens (tertiary/aromatic N) is 1. The van der Waals surface area contributed by atoms with Gasteiger partial charge in [0.25, 0.3) is 0 Å². The van der Waals surface area contributed by atoms with Crippen LogP contribution in [0.1, 0.15) is 37.7 Å². The summed E-state index contributed by atoms with van der Waals surface area (Å²) >= 11 is 2.11. The van der Waals surface area contributed by atoms with E-state index in [1.165, 1.54) is 24.9 Å². The maximum atomic E-state index is 11.2. The summed E-state index contributed by atoms with van der Waals surface area (Å²) in [6.45, 7) is 3.55. The van der Waals surface area contributed by atoms with Crippen LogP contribution in [0.2, 0.25) is 0 Å². The van der Waals surface area contributed by atoms with Crippen LogP contribution in [0.4, 0.5) is 5.69 Å². The molecular formula is C18H25NO2S. The van der Waals surface area contributed by atoms with Crippen LogP contribution in [0.25, 0.3) is 0 Å². The van der Waals surface area contributed by atoms with Gasteiger partial charge in [-0.15, -0.1) is 0 Å². The van der Waals surface area contributed by atoms with Gasteiger partial charge in [0.1, 0.15) is 0 Å². The zero-order valence-electron chi connectivity index (χ0n) is 13.0. The summed E-state index contributed by atoms with van der Waals surface area (Å²) in [5.41, 5.74) is 1.76. The Morgan fingerprint density at radius 3 is 2.32 bits per heavy atom. The lowest BCUT2D eigenvalue weighted by molar-refractivity contribution is 0.00813. The number of aliphatic hydroxyl groups is 1. The van der Waals surface area contributed by atoms with E-state index in [0.717, 1.165) is 44.7 Å². The molecule has 1 aromatic carbocycles. The topological polar surface area (TPSA) is 32.7 Å². The van der Waals surface area contributed by atoms with Gasteiger partial charge < -0.3 is 14.7 Å². The molecule has 3 aliphatic heterocycles. The van der Waals surface area contributed by atoms with Gasteiger partial charge in [0.05, 0.1) is 18.8 Å². The lowest BCUT2D eigenvalue weighted by Crippen LogP contribution is -2.40. The van der Waals surface area contributed by atoms with E-state index >= 15 is 0 Å². The molecule has 0 amide bonds. The van der Waals surface area contributed by atoms with E-state index in [1.807, 2.05) is 0 Å². The molecule has 22 heavy (non-hydrogen) atoms. The molecule has 2 unspecified atom stereocenters. The quantitative estimate of drug-likeness (QED) is 0.908. The average Bonchev–Trinajstić information content (AvgIpc) is 2.55. The summed E-state index contributed by atoms with van der Waals surface area (Å²) in [5.74, 6) is 0. The monoisotopic (exact) mass is 319 g/mol. The Bertz CT molecular complexity index is 500. The number of morpholine rings is 1. The minimum absolute atomic E-state index is 0.607. The van der Waals surface area contributed by atoms with Crippen LogP contribution in [-0.4, -0.2) is 41.9 Å². The second-order valence-electron chi connectivity index (χ2n) is 6.90. The molecule has 3 aliphatic rings. The fourth-order valence-corrected chi connectivity index (χ4v) is 6.05. The molecule has 4 heteroatoms. The van der Waals surface area contributed by atoms with Gasteiger partial charge in [-0.3, -0.25) is 0 Å². The normalized spacial score (nSPS) is 35.4. The lowest BCUT2D eigenvalue weighted by Gasteiger charge is -2.44. The van der Waals surface area contributed by atoms with E-state index in [1.54, 1.807) is 0 Å². The predicted octanol–water partition coefficient (Wildman–Crippen LogP) is 3.16. The number of ether oxygens (including phenoxy) is 1. The van der Waals surface area contributed by atoms with E-state index in [0.29, 0.717) is 10.5 Å². The summed E-state index contributed by atoms with van der Waals surface area (Å²) in [5, 5.41) is 12.5. The maximum Gasteiger partial charge on any atom is 0.0917 e. The number of thioether (sulfide) groups is 1. The maximum absolute atomic E-state index is 11.2. The van der Waals surface area contributed by atoms with Gasteiger partial charge in [-0.05, 0) is 43.4 Å². The molecule has 2 bridgehead atoms. The molecule has 4 rings (SSSR count). The predicted molar refractivity (Wildman–Crippen MR) is 91.6 cm³/mol. The number of hydrogen-bond donors (Lipinski definition) is 1. The highest BCUT2D eigenvalue weighted by Gasteiger charge is 2.42. The van der Waals surface area contributed by atoms with Crippen molar-refractivity contribution in [3.05, 3.63) is 29.8 Å². The van der Waals surface area contributed by atoms with Crippen molar-refractivity contribution in [2.24, 2.45) is 0 Å². The third-order valence-electron chi connectivity index (χ3n) is 5.35. The second kappa shape index (κ2) is 6.06. The van der Waals surface area contributed by atoms with Gasteiger partial charge in [-0.1, -0.05) is 18.6 Å². The number of rotatable bonds is 2. The Balaban J connectivity index is 1.52. The Morgan fingerprint density at radius 1 is 1.05 bits per heavy atom. The zero-order valence-corrected chi connectivity index (χ0v) is 13.9. The third-order valence-corrected chi connectivity index (χ3v) is 6.92. The van der Waals surface area contributed by atoms with Gasteiger partial charge in [-0.25, -0.2) is 0 Å². The van der Waals surface area contributed by atoms with Crippen LogP contribution in [-0.2, 0) is 10.3 Å². The first kappa shape index (κ1) is 14.9. The van der Waals surface area contributed by atoms with Crippen LogP contribution >= 0.6 is 11.8 Å². The summed E-state index contributed by atoms with van der Waals surface area (Å²) in [6.07, 6.45) is 5.73. The van der Waals surface area contributed by atoms with Gasteiger partial charge >= 0.3 is 0 Å². The fourth-order valence-electron chi connectivity index (χ4n) is 4.16. The minimum atomic E-state index is -0.607. The summed E-state index contributed by atoms with van der Waals surface area (Å²) in [7, 11) is 0.